The zero-order chi connectivity index (χ0) is 18.4. The normalized spacial score (nSPS) is 16.7. The van der Waals surface area contributed by atoms with Crippen molar-refractivity contribution < 1.29 is 13.9 Å². The number of nitrogens with one attached hydrogen (secondary N) is 1. The number of halogens is 1. The van der Waals surface area contributed by atoms with Gasteiger partial charge in [0.15, 0.2) is 0 Å². The minimum absolute atomic E-state index is 0.222. The number of anilines is 1. The Labute approximate surface area is 155 Å². The molecule has 1 N–H and O–H groups in total. The highest BCUT2D eigenvalue weighted by atomic mass is 35.5. The van der Waals surface area contributed by atoms with Gasteiger partial charge in [-0.15, -0.1) is 0 Å². The predicted octanol–water partition coefficient (Wildman–Crippen LogP) is 4.52. The highest BCUT2D eigenvalue weighted by Gasteiger charge is 2.36. The van der Waals surface area contributed by atoms with Gasteiger partial charge < -0.3 is 14.5 Å². The van der Waals surface area contributed by atoms with Crippen molar-refractivity contribution in [3.8, 4) is 0 Å². The third-order valence-corrected chi connectivity index (χ3v) is 4.50. The summed E-state index contributed by atoms with van der Waals surface area (Å²) in [5.41, 5.74) is 2.77. The SMILES string of the molecule is CC1=C(C(=O)OC(C)C)C(c2ccco2)n2c(nc3cc(Cl)ccc32)N1. The molecule has 1 aliphatic heterocycles. The van der Waals surface area contributed by atoms with Crippen LogP contribution in [0.4, 0.5) is 5.95 Å². The Morgan fingerprint density at radius 2 is 2.19 bits per heavy atom. The number of ether oxygens (including phenoxy) is 1. The van der Waals surface area contributed by atoms with E-state index in [9.17, 15) is 4.79 Å². The topological polar surface area (TPSA) is 69.3 Å². The molecule has 6 nitrogen and oxygen atoms in total. The predicted molar refractivity (Wildman–Crippen MR) is 99.1 cm³/mol. The number of fused-ring (bicyclic) bond motifs is 3. The third-order valence-electron chi connectivity index (χ3n) is 4.26. The van der Waals surface area contributed by atoms with Crippen molar-refractivity contribution >= 4 is 34.6 Å². The van der Waals surface area contributed by atoms with Crippen LogP contribution in [0.25, 0.3) is 11.0 Å². The fourth-order valence-corrected chi connectivity index (χ4v) is 3.42. The molecule has 7 heteroatoms. The van der Waals surface area contributed by atoms with Gasteiger partial charge >= 0.3 is 5.97 Å². The smallest absolute Gasteiger partial charge is 0.338 e. The molecular weight excluding hydrogens is 354 g/mol. The highest BCUT2D eigenvalue weighted by molar-refractivity contribution is 6.31. The van der Waals surface area contributed by atoms with E-state index in [4.69, 9.17) is 20.8 Å². The number of rotatable bonds is 3. The first kappa shape index (κ1) is 16.7. The molecule has 0 saturated carbocycles. The fraction of sp³-hybridized carbons (Fsp3) is 0.263. The van der Waals surface area contributed by atoms with Gasteiger partial charge in [0.2, 0.25) is 5.95 Å². The van der Waals surface area contributed by atoms with Crippen LogP contribution in [0.2, 0.25) is 5.02 Å². The molecule has 1 aliphatic rings. The van der Waals surface area contributed by atoms with E-state index in [1.165, 1.54) is 0 Å². The highest BCUT2D eigenvalue weighted by Crippen LogP contribution is 2.40. The van der Waals surface area contributed by atoms with Crippen LogP contribution in [-0.2, 0) is 9.53 Å². The largest absolute Gasteiger partial charge is 0.467 e. The summed E-state index contributed by atoms with van der Waals surface area (Å²) in [4.78, 5) is 17.4. The van der Waals surface area contributed by atoms with Gasteiger partial charge in [-0.05, 0) is 51.1 Å². The lowest BCUT2D eigenvalue weighted by molar-refractivity contribution is -0.143. The Hall–Kier alpha value is -2.73. The van der Waals surface area contributed by atoms with Gasteiger partial charge in [0.1, 0.15) is 11.8 Å². The van der Waals surface area contributed by atoms with Gasteiger partial charge in [-0.25, -0.2) is 9.78 Å². The second-order valence-electron chi connectivity index (χ2n) is 6.47. The van der Waals surface area contributed by atoms with Gasteiger partial charge in [-0.3, -0.25) is 4.57 Å². The molecular formula is C19H18ClN3O3. The molecule has 3 heterocycles. The van der Waals surface area contributed by atoms with Crippen LogP contribution < -0.4 is 5.32 Å². The van der Waals surface area contributed by atoms with Crippen LogP contribution >= 0.6 is 11.6 Å². The number of esters is 1. The van der Waals surface area contributed by atoms with E-state index in [2.05, 4.69) is 10.3 Å². The third kappa shape index (κ3) is 2.66. The average Bonchev–Trinajstić information content (AvgIpc) is 3.19. The van der Waals surface area contributed by atoms with Gasteiger partial charge in [-0.1, -0.05) is 11.6 Å². The van der Waals surface area contributed by atoms with Crippen molar-refractivity contribution in [3.05, 3.63) is 58.6 Å². The minimum atomic E-state index is -0.473. The van der Waals surface area contributed by atoms with Gasteiger partial charge in [0, 0.05) is 10.7 Å². The monoisotopic (exact) mass is 371 g/mol. The molecule has 0 aliphatic carbocycles. The number of allylic oxidation sites excluding steroid dienone is 1. The second kappa shape index (κ2) is 6.21. The van der Waals surface area contributed by atoms with E-state index in [1.54, 1.807) is 24.5 Å². The summed E-state index contributed by atoms with van der Waals surface area (Å²) in [6, 6.07) is 8.65. The Bertz CT molecular complexity index is 1020. The second-order valence-corrected chi connectivity index (χ2v) is 6.91. The zero-order valence-electron chi connectivity index (χ0n) is 14.6. The molecule has 1 atom stereocenters. The summed E-state index contributed by atoms with van der Waals surface area (Å²) in [6.07, 6.45) is 1.37. The van der Waals surface area contributed by atoms with Crippen LogP contribution in [0.1, 0.15) is 32.6 Å². The van der Waals surface area contributed by atoms with Gasteiger partial charge in [0.25, 0.3) is 0 Å². The van der Waals surface area contributed by atoms with Crippen molar-refractivity contribution in [2.24, 2.45) is 0 Å². The maximum atomic E-state index is 12.8. The van der Waals surface area contributed by atoms with E-state index < -0.39 is 6.04 Å². The van der Waals surface area contributed by atoms with E-state index in [1.807, 2.05) is 37.5 Å². The molecule has 0 bridgehead atoms. The van der Waals surface area contributed by atoms with Crippen molar-refractivity contribution in [2.75, 3.05) is 5.32 Å². The first-order valence-corrected chi connectivity index (χ1v) is 8.73. The summed E-state index contributed by atoms with van der Waals surface area (Å²) in [6.45, 7) is 5.49. The van der Waals surface area contributed by atoms with Crippen LogP contribution in [0.3, 0.4) is 0 Å². The number of imidazole rings is 1. The van der Waals surface area contributed by atoms with Crippen LogP contribution in [0.5, 0.6) is 0 Å². The van der Waals surface area contributed by atoms with E-state index in [0.717, 1.165) is 11.0 Å². The first-order valence-electron chi connectivity index (χ1n) is 8.35. The minimum Gasteiger partial charge on any atom is -0.467 e. The Morgan fingerprint density at radius 1 is 1.38 bits per heavy atom. The van der Waals surface area contributed by atoms with Gasteiger partial charge in [0.05, 0.1) is 29.0 Å². The Kier molecular flexibility index (Phi) is 4.00. The van der Waals surface area contributed by atoms with Crippen molar-refractivity contribution in [1.29, 1.82) is 0 Å². The number of benzene rings is 1. The molecule has 0 spiro atoms. The van der Waals surface area contributed by atoms with Crippen LogP contribution in [0, 0.1) is 0 Å². The summed E-state index contributed by atoms with van der Waals surface area (Å²) in [7, 11) is 0. The number of furan rings is 1. The van der Waals surface area contributed by atoms with Crippen LogP contribution in [0.15, 0.2) is 52.3 Å². The molecule has 134 valence electrons. The number of hydrogen-bond acceptors (Lipinski definition) is 5. The number of hydrogen-bond donors (Lipinski definition) is 1. The van der Waals surface area contributed by atoms with E-state index >= 15 is 0 Å². The summed E-state index contributed by atoms with van der Waals surface area (Å²) >= 11 is 6.11. The maximum Gasteiger partial charge on any atom is 0.338 e. The lowest BCUT2D eigenvalue weighted by Gasteiger charge is -2.29. The number of nitrogens with zero attached hydrogens (tertiary/aromatic N) is 2. The van der Waals surface area contributed by atoms with E-state index in [0.29, 0.717) is 28.0 Å². The first-order chi connectivity index (χ1) is 12.5. The fourth-order valence-electron chi connectivity index (χ4n) is 3.25. The van der Waals surface area contributed by atoms with Crippen molar-refractivity contribution in [1.82, 2.24) is 9.55 Å². The zero-order valence-corrected chi connectivity index (χ0v) is 15.4. The van der Waals surface area contributed by atoms with Crippen molar-refractivity contribution in [3.63, 3.8) is 0 Å². The lowest BCUT2D eigenvalue weighted by atomic mass is 10.00. The molecule has 1 unspecified atom stereocenters. The number of aromatic nitrogens is 2. The van der Waals surface area contributed by atoms with E-state index in [-0.39, 0.29) is 12.1 Å². The van der Waals surface area contributed by atoms with Crippen LogP contribution in [-0.4, -0.2) is 21.6 Å². The lowest BCUT2D eigenvalue weighted by Crippen LogP contribution is -2.29. The van der Waals surface area contributed by atoms with Crippen molar-refractivity contribution in [2.45, 2.75) is 32.9 Å². The molecule has 3 aromatic rings. The quantitative estimate of drug-likeness (QED) is 0.685. The molecule has 0 radical (unpaired) electrons. The molecule has 0 fully saturated rings. The number of carbonyl (C=O) groups excluding carboxylic acids is 1. The Balaban J connectivity index is 1.94. The summed E-state index contributed by atoms with van der Waals surface area (Å²) in [5, 5.41) is 3.81. The average molecular weight is 372 g/mol. The molecule has 0 amide bonds. The Morgan fingerprint density at radius 3 is 2.88 bits per heavy atom. The molecule has 0 saturated heterocycles. The number of carbonyl (C=O) groups is 1. The summed E-state index contributed by atoms with van der Waals surface area (Å²) < 4.78 is 13.1. The molecule has 4 rings (SSSR count). The molecule has 1 aromatic carbocycles. The maximum absolute atomic E-state index is 12.8. The standard InChI is InChI=1S/C19H18ClN3O3/c1-10(2)26-18(24)16-11(3)21-19-22-13-9-12(20)6-7-14(13)23(19)17(16)15-5-4-8-25-15/h4-10,17H,1-3H3,(H,21,22). The molecule has 26 heavy (non-hydrogen) atoms. The molecule has 2 aromatic heterocycles. The summed E-state index contributed by atoms with van der Waals surface area (Å²) in [5.74, 6) is 0.882. The van der Waals surface area contributed by atoms with Gasteiger partial charge in [-0.2, -0.15) is 0 Å².